The molecule has 0 spiro atoms. The Labute approximate surface area is 68.7 Å². The van der Waals surface area contributed by atoms with Crippen LogP contribution in [0.5, 0.6) is 0 Å². The maximum Gasteiger partial charge on any atom is 0.0888 e. The van der Waals surface area contributed by atoms with Crippen molar-refractivity contribution in [2.75, 3.05) is 26.2 Å². The zero-order valence-corrected chi connectivity index (χ0v) is 7.47. The van der Waals surface area contributed by atoms with Crippen molar-refractivity contribution in [3.63, 3.8) is 0 Å². The lowest BCUT2D eigenvalue weighted by Crippen LogP contribution is -2.31. The number of hydrogen-bond acceptors (Lipinski definition) is 3. The number of hydrogen-bond donors (Lipinski definition) is 1. The molecule has 66 valence electrons. The fraction of sp³-hybridized carbons (Fsp3) is 1.00. The molecule has 1 aliphatic heterocycles. The topological polar surface area (TPSA) is 24.5 Å². The highest BCUT2D eigenvalue weighted by Crippen LogP contribution is 1.99. The van der Waals surface area contributed by atoms with Gasteiger partial charge in [0.2, 0.25) is 0 Å². The molecule has 0 aromatic heterocycles. The molecular formula is C8H18N2O. The summed E-state index contributed by atoms with van der Waals surface area (Å²) in [7, 11) is 0. The van der Waals surface area contributed by atoms with Gasteiger partial charge in [0.05, 0.1) is 6.10 Å². The molecule has 1 heterocycles. The van der Waals surface area contributed by atoms with Crippen LogP contribution in [0, 0.1) is 0 Å². The van der Waals surface area contributed by atoms with Gasteiger partial charge in [-0.05, 0) is 19.9 Å². The number of nitrogens with zero attached hydrogens (tertiary/aromatic N) is 1. The van der Waals surface area contributed by atoms with Crippen molar-refractivity contribution in [1.29, 1.82) is 0 Å². The van der Waals surface area contributed by atoms with E-state index in [1.807, 2.05) is 0 Å². The van der Waals surface area contributed by atoms with Gasteiger partial charge in [-0.25, -0.2) is 5.48 Å². The molecule has 3 heteroatoms. The molecule has 0 saturated carbocycles. The van der Waals surface area contributed by atoms with E-state index in [9.17, 15) is 0 Å². The van der Waals surface area contributed by atoms with Crippen LogP contribution in [-0.2, 0) is 4.84 Å². The van der Waals surface area contributed by atoms with Gasteiger partial charge in [-0.2, -0.15) is 0 Å². The van der Waals surface area contributed by atoms with Crippen LogP contribution in [0.1, 0.15) is 20.3 Å². The quantitative estimate of drug-likeness (QED) is 0.637. The van der Waals surface area contributed by atoms with Gasteiger partial charge in [0.15, 0.2) is 0 Å². The molecule has 0 amide bonds. The van der Waals surface area contributed by atoms with Crippen molar-refractivity contribution in [2.24, 2.45) is 0 Å². The highest BCUT2D eigenvalue weighted by atomic mass is 16.7. The van der Waals surface area contributed by atoms with Crippen LogP contribution in [0.2, 0.25) is 0 Å². The zero-order chi connectivity index (χ0) is 8.10. The minimum Gasteiger partial charge on any atom is -0.299 e. The Hall–Kier alpha value is -0.120. The Bertz CT molecular complexity index is 108. The molecule has 3 nitrogen and oxygen atoms in total. The van der Waals surface area contributed by atoms with Crippen molar-refractivity contribution in [3.8, 4) is 0 Å². The van der Waals surface area contributed by atoms with Gasteiger partial charge in [0, 0.05) is 19.6 Å². The second-order valence-corrected chi connectivity index (χ2v) is 3.12. The minimum atomic E-state index is 0.323. The average molecular weight is 158 g/mol. The van der Waals surface area contributed by atoms with Crippen molar-refractivity contribution in [3.05, 3.63) is 0 Å². The summed E-state index contributed by atoms with van der Waals surface area (Å²) in [6.07, 6.45) is 1.55. The van der Waals surface area contributed by atoms with E-state index in [0.717, 1.165) is 19.6 Å². The molecule has 11 heavy (non-hydrogen) atoms. The fourth-order valence-electron chi connectivity index (χ4n) is 1.42. The maximum atomic E-state index is 5.29. The highest BCUT2D eigenvalue weighted by molar-refractivity contribution is 4.64. The summed E-state index contributed by atoms with van der Waals surface area (Å²) in [6.45, 7) is 8.61. The highest BCUT2D eigenvalue weighted by Gasteiger charge is 2.13. The third-order valence-corrected chi connectivity index (χ3v) is 1.87. The van der Waals surface area contributed by atoms with E-state index in [-0.39, 0.29) is 0 Å². The van der Waals surface area contributed by atoms with Crippen molar-refractivity contribution < 1.29 is 4.84 Å². The van der Waals surface area contributed by atoms with E-state index in [1.165, 1.54) is 13.0 Å². The van der Waals surface area contributed by atoms with E-state index in [1.54, 1.807) is 0 Å². The van der Waals surface area contributed by atoms with Crippen LogP contribution >= 0.6 is 0 Å². The van der Waals surface area contributed by atoms with Crippen LogP contribution in [0.3, 0.4) is 0 Å². The maximum absolute atomic E-state index is 5.29. The molecule has 1 N–H and O–H groups in total. The SMILES string of the molecule is CCCN1CCNO[C@@H](C)C1. The lowest BCUT2D eigenvalue weighted by Gasteiger charge is -2.19. The predicted octanol–water partition coefficient (Wildman–Crippen LogP) is 0.622. The molecule has 0 unspecified atom stereocenters. The van der Waals surface area contributed by atoms with E-state index in [4.69, 9.17) is 4.84 Å². The second kappa shape index (κ2) is 4.70. The molecule has 1 saturated heterocycles. The first kappa shape index (κ1) is 8.97. The van der Waals surface area contributed by atoms with E-state index < -0.39 is 0 Å². The van der Waals surface area contributed by atoms with Gasteiger partial charge in [0.1, 0.15) is 0 Å². The molecule has 0 aromatic rings. The van der Waals surface area contributed by atoms with E-state index in [0.29, 0.717) is 6.10 Å². The standard InChI is InChI=1S/C8H18N2O/c1-3-5-10-6-4-9-11-8(2)7-10/h8-9H,3-7H2,1-2H3/t8-/m0/s1. The van der Waals surface area contributed by atoms with Gasteiger partial charge in [0.25, 0.3) is 0 Å². The molecular weight excluding hydrogens is 140 g/mol. The monoisotopic (exact) mass is 158 g/mol. The van der Waals surface area contributed by atoms with Crippen LogP contribution in [-0.4, -0.2) is 37.2 Å². The third-order valence-electron chi connectivity index (χ3n) is 1.87. The number of rotatable bonds is 2. The smallest absolute Gasteiger partial charge is 0.0888 e. The molecule has 1 aliphatic rings. The zero-order valence-electron chi connectivity index (χ0n) is 7.47. The lowest BCUT2D eigenvalue weighted by atomic mass is 10.3. The van der Waals surface area contributed by atoms with Crippen LogP contribution < -0.4 is 5.48 Å². The normalized spacial score (nSPS) is 28.4. The van der Waals surface area contributed by atoms with E-state index in [2.05, 4.69) is 24.2 Å². The summed E-state index contributed by atoms with van der Waals surface area (Å²) < 4.78 is 0. The van der Waals surface area contributed by atoms with E-state index >= 15 is 0 Å². The summed E-state index contributed by atoms with van der Waals surface area (Å²) in [4.78, 5) is 7.72. The first-order chi connectivity index (χ1) is 5.33. The Morgan fingerprint density at radius 2 is 2.45 bits per heavy atom. The Morgan fingerprint density at radius 1 is 1.64 bits per heavy atom. The molecule has 1 atom stereocenters. The fourth-order valence-corrected chi connectivity index (χ4v) is 1.42. The summed E-state index contributed by atoms with van der Waals surface area (Å²) in [6, 6.07) is 0. The molecule has 0 radical (unpaired) electrons. The van der Waals surface area contributed by atoms with Gasteiger partial charge in [-0.3, -0.25) is 9.74 Å². The molecule has 1 rings (SSSR count). The third kappa shape index (κ3) is 3.18. The first-order valence-electron chi connectivity index (χ1n) is 4.43. The van der Waals surface area contributed by atoms with Crippen molar-refractivity contribution >= 4 is 0 Å². The van der Waals surface area contributed by atoms with Gasteiger partial charge in [-0.1, -0.05) is 6.92 Å². The van der Waals surface area contributed by atoms with Crippen LogP contribution in [0.25, 0.3) is 0 Å². The molecule has 0 aliphatic carbocycles. The Morgan fingerprint density at radius 3 is 3.18 bits per heavy atom. The minimum absolute atomic E-state index is 0.323. The van der Waals surface area contributed by atoms with Gasteiger partial charge < -0.3 is 0 Å². The largest absolute Gasteiger partial charge is 0.299 e. The van der Waals surface area contributed by atoms with Crippen molar-refractivity contribution in [1.82, 2.24) is 10.4 Å². The summed E-state index contributed by atoms with van der Waals surface area (Å²) in [5.74, 6) is 0. The van der Waals surface area contributed by atoms with Crippen LogP contribution in [0.4, 0.5) is 0 Å². The number of hydroxylamine groups is 1. The Kier molecular flexibility index (Phi) is 3.83. The summed E-state index contributed by atoms with van der Waals surface area (Å²) in [5, 5.41) is 0. The first-order valence-corrected chi connectivity index (χ1v) is 4.43. The second-order valence-electron chi connectivity index (χ2n) is 3.12. The van der Waals surface area contributed by atoms with Crippen LogP contribution in [0.15, 0.2) is 0 Å². The number of nitrogens with one attached hydrogen (secondary N) is 1. The Balaban J connectivity index is 2.27. The molecule has 0 aromatic carbocycles. The average Bonchev–Trinajstić information content (AvgIpc) is 2.15. The van der Waals surface area contributed by atoms with Gasteiger partial charge >= 0.3 is 0 Å². The molecule has 0 bridgehead atoms. The summed E-state index contributed by atoms with van der Waals surface area (Å²) >= 11 is 0. The van der Waals surface area contributed by atoms with Gasteiger partial charge in [-0.15, -0.1) is 0 Å². The molecule has 1 fully saturated rings. The lowest BCUT2D eigenvalue weighted by molar-refractivity contribution is -0.00522. The summed E-state index contributed by atoms with van der Waals surface area (Å²) in [5.41, 5.74) is 2.94. The predicted molar refractivity (Wildman–Crippen MR) is 45.3 cm³/mol. The van der Waals surface area contributed by atoms with Crippen molar-refractivity contribution in [2.45, 2.75) is 26.4 Å².